The quantitative estimate of drug-likeness (QED) is 0.815. The van der Waals surface area contributed by atoms with E-state index in [-0.39, 0.29) is 5.78 Å². The molecule has 0 saturated carbocycles. The Morgan fingerprint density at radius 2 is 2.18 bits per heavy atom. The second kappa shape index (κ2) is 5.37. The van der Waals surface area contributed by atoms with Gasteiger partial charge in [-0.05, 0) is 37.5 Å². The second-order valence-electron chi connectivity index (χ2n) is 4.03. The van der Waals surface area contributed by atoms with E-state index in [2.05, 4.69) is 0 Å². The fraction of sp³-hybridized carbons (Fsp3) is 0.357. The molecule has 2 rings (SSSR count). The van der Waals surface area contributed by atoms with E-state index in [9.17, 15) is 4.79 Å². The number of halogens is 1. The lowest BCUT2D eigenvalue weighted by Gasteiger charge is -2.19. The van der Waals surface area contributed by atoms with Gasteiger partial charge in [0.15, 0.2) is 11.5 Å². The lowest BCUT2D eigenvalue weighted by Crippen LogP contribution is -2.13. The molecule has 0 bridgehead atoms. The summed E-state index contributed by atoms with van der Waals surface area (Å²) in [5.74, 6) is 0.633. The Kier molecular flexibility index (Phi) is 3.85. The molecule has 1 aliphatic rings. The van der Waals surface area contributed by atoms with Crippen LogP contribution in [0.3, 0.4) is 0 Å². The number of allylic oxidation sites excluding steroid dienone is 2. The molecule has 0 unspecified atom stereocenters. The second-order valence-corrected chi connectivity index (χ2v) is 4.46. The molecule has 0 atom stereocenters. The molecular formula is C14H15ClO2. The van der Waals surface area contributed by atoms with Crippen LogP contribution >= 0.6 is 11.6 Å². The molecule has 0 radical (unpaired) electrons. The van der Waals surface area contributed by atoms with E-state index in [4.69, 9.17) is 16.3 Å². The van der Waals surface area contributed by atoms with Crippen LogP contribution in [0.1, 0.15) is 31.7 Å². The van der Waals surface area contributed by atoms with Gasteiger partial charge in [0.1, 0.15) is 0 Å². The van der Waals surface area contributed by atoms with Crippen LogP contribution in [-0.4, -0.2) is 12.4 Å². The fourth-order valence-corrected chi connectivity index (χ4v) is 2.27. The van der Waals surface area contributed by atoms with Crippen LogP contribution < -0.4 is 0 Å². The van der Waals surface area contributed by atoms with E-state index in [0.29, 0.717) is 23.8 Å². The predicted octanol–water partition coefficient (Wildman–Crippen LogP) is 3.84. The molecular weight excluding hydrogens is 236 g/mol. The lowest BCUT2D eigenvalue weighted by molar-refractivity contribution is -0.119. The maximum Gasteiger partial charge on any atom is 0.197 e. The number of hydrogen-bond acceptors (Lipinski definition) is 2. The van der Waals surface area contributed by atoms with Crippen molar-refractivity contribution in [3.63, 3.8) is 0 Å². The average Bonchev–Trinajstić information content (AvgIpc) is 2.32. The molecule has 90 valence electrons. The number of ketones is 1. The summed E-state index contributed by atoms with van der Waals surface area (Å²) in [6, 6.07) is 7.58. The van der Waals surface area contributed by atoms with Crippen molar-refractivity contribution < 1.29 is 9.53 Å². The molecule has 2 nitrogen and oxygen atoms in total. The highest BCUT2D eigenvalue weighted by molar-refractivity contribution is 6.30. The van der Waals surface area contributed by atoms with Crippen LogP contribution in [0.5, 0.6) is 0 Å². The van der Waals surface area contributed by atoms with Gasteiger partial charge in [-0.15, -0.1) is 0 Å². The van der Waals surface area contributed by atoms with Crippen molar-refractivity contribution in [2.24, 2.45) is 0 Å². The van der Waals surface area contributed by atoms with Gasteiger partial charge in [-0.3, -0.25) is 4.79 Å². The number of rotatable bonds is 3. The van der Waals surface area contributed by atoms with Crippen molar-refractivity contribution in [1.82, 2.24) is 0 Å². The Hall–Kier alpha value is -1.28. The number of ether oxygens (including phenoxy) is 1. The third-order valence-electron chi connectivity index (χ3n) is 2.82. The number of carbonyl (C=O) groups excluding carboxylic acids is 1. The van der Waals surface area contributed by atoms with Crippen molar-refractivity contribution in [3.05, 3.63) is 40.6 Å². The van der Waals surface area contributed by atoms with Gasteiger partial charge in [0, 0.05) is 17.0 Å². The van der Waals surface area contributed by atoms with E-state index in [1.54, 1.807) is 0 Å². The first-order chi connectivity index (χ1) is 8.22. The average molecular weight is 251 g/mol. The lowest BCUT2D eigenvalue weighted by atomic mass is 9.91. The molecule has 0 saturated heterocycles. The molecule has 0 amide bonds. The largest absolute Gasteiger partial charge is 0.490 e. The molecule has 1 aromatic rings. The molecule has 3 heteroatoms. The molecule has 0 spiro atoms. The zero-order chi connectivity index (χ0) is 12.3. The highest BCUT2D eigenvalue weighted by Gasteiger charge is 2.22. The van der Waals surface area contributed by atoms with E-state index >= 15 is 0 Å². The summed E-state index contributed by atoms with van der Waals surface area (Å²) in [5, 5.41) is 0.684. The predicted molar refractivity (Wildman–Crippen MR) is 68.9 cm³/mol. The van der Waals surface area contributed by atoms with Crippen LogP contribution in [0.25, 0.3) is 5.57 Å². The fourth-order valence-electron chi connectivity index (χ4n) is 2.08. The monoisotopic (exact) mass is 250 g/mol. The SMILES string of the molecule is CCOC1=C(c2cccc(Cl)c2)CCCC1=O. The van der Waals surface area contributed by atoms with Gasteiger partial charge in [0.2, 0.25) is 0 Å². The van der Waals surface area contributed by atoms with E-state index in [0.717, 1.165) is 24.0 Å². The molecule has 0 heterocycles. The summed E-state index contributed by atoms with van der Waals surface area (Å²) in [4.78, 5) is 11.8. The van der Waals surface area contributed by atoms with Gasteiger partial charge in [-0.25, -0.2) is 0 Å². The van der Waals surface area contributed by atoms with Gasteiger partial charge in [-0.2, -0.15) is 0 Å². The Bertz CT molecular complexity index is 463. The van der Waals surface area contributed by atoms with E-state index in [1.165, 1.54) is 0 Å². The number of carbonyl (C=O) groups is 1. The number of hydrogen-bond donors (Lipinski definition) is 0. The first-order valence-corrected chi connectivity index (χ1v) is 6.25. The standard InChI is InChI=1S/C14H15ClO2/c1-2-17-14-12(7-4-8-13(14)16)10-5-3-6-11(15)9-10/h3,5-6,9H,2,4,7-8H2,1H3. The van der Waals surface area contributed by atoms with Crippen molar-refractivity contribution in [3.8, 4) is 0 Å². The Labute approximate surface area is 106 Å². The van der Waals surface area contributed by atoms with Crippen LogP contribution in [0.2, 0.25) is 5.02 Å². The maximum absolute atomic E-state index is 11.8. The summed E-state index contributed by atoms with van der Waals surface area (Å²) in [6.45, 7) is 2.41. The normalized spacial score (nSPS) is 16.2. The Morgan fingerprint density at radius 1 is 1.35 bits per heavy atom. The third-order valence-corrected chi connectivity index (χ3v) is 3.05. The summed E-state index contributed by atoms with van der Waals surface area (Å²) in [7, 11) is 0. The van der Waals surface area contributed by atoms with Crippen LogP contribution in [-0.2, 0) is 9.53 Å². The van der Waals surface area contributed by atoms with Crippen molar-refractivity contribution in [1.29, 1.82) is 0 Å². The topological polar surface area (TPSA) is 26.3 Å². The number of Topliss-reactive ketones (excluding diaryl/α,β-unsaturated/α-hetero) is 1. The minimum atomic E-state index is 0.105. The first-order valence-electron chi connectivity index (χ1n) is 5.87. The van der Waals surface area contributed by atoms with E-state index in [1.807, 2.05) is 31.2 Å². The molecule has 1 aromatic carbocycles. The summed E-state index contributed by atoms with van der Waals surface area (Å²) < 4.78 is 5.49. The number of benzene rings is 1. The Balaban J connectivity index is 2.45. The van der Waals surface area contributed by atoms with Crippen LogP contribution in [0, 0.1) is 0 Å². The molecule has 0 N–H and O–H groups in total. The summed E-state index contributed by atoms with van der Waals surface area (Å²) in [5.41, 5.74) is 1.99. The minimum absolute atomic E-state index is 0.105. The van der Waals surface area contributed by atoms with Gasteiger partial charge in [-0.1, -0.05) is 23.7 Å². The highest BCUT2D eigenvalue weighted by atomic mass is 35.5. The van der Waals surface area contributed by atoms with Gasteiger partial charge in [0.05, 0.1) is 6.61 Å². The highest BCUT2D eigenvalue weighted by Crippen LogP contribution is 2.32. The van der Waals surface area contributed by atoms with Crippen molar-refractivity contribution >= 4 is 23.0 Å². The Morgan fingerprint density at radius 3 is 2.88 bits per heavy atom. The van der Waals surface area contributed by atoms with Gasteiger partial charge in [0.25, 0.3) is 0 Å². The van der Waals surface area contributed by atoms with Crippen LogP contribution in [0.4, 0.5) is 0 Å². The molecule has 0 aromatic heterocycles. The molecule has 17 heavy (non-hydrogen) atoms. The van der Waals surface area contributed by atoms with E-state index < -0.39 is 0 Å². The molecule has 0 fully saturated rings. The zero-order valence-corrected chi connectivity index (χ0v) is 10.6. The minimum Gasteiger partial charge on any atom is -0.490 e. The maximum atomic E-state index is 11.8. The smallest absolute Gasteiger partial charge is 0.197 e. The third kappa shape index (κ3) is 2.70. The zero-order valence-electron chi connectivity index (χ0n) is 9.83. The van der Waals surface area contributed by atoms with Crippen molar-refractivity contribution in [2.75, 3.05) is 6.61 Å². The molecule has 1 aliphatic carbocycles. The molecule has 0 aliphatic heterocycles. The first kappa shape index (κ1) is 12.2. The van der Waals surface area contributed by atoms with Gasteiger partial charge < -0.3 is 4.74 Å². The summed E-state index contributed by atoms with van der Waals surface area (Å²) in [6.07, 6.45) is 2.35. The van der Waals surface area contributed by atoms with Crippen molar-refractivity contribution in [2.45, 2.75) is 26.2 Å². The summed E-state index contributed by atoms with van der Waals surface area (Å²) >= 11 is 5.98. The van der Waals surface area contributed by atoms with Crippen LogP contribution in [0.15, 0.2) is 30.0 Å². The van der Waals surface area contributed by atoms with Gasteiger partial charge >= 0.3 is 0 Å².